The Morgan fingerprint density at radius 2 is 2.24 bits per heavy atom. The van der Waals surface area contributed by atoms with E-state index in [2.05, 4.69) is 10.6 Å². The monoisotopic (exact) mass is 304 g/mol. The van der Waals surface area contributed by atoms with Crippen LogP contribution < -0.4 is 10.6 Å². The molecule has 0 bridgehead atoms. The van der Waals surface area contributed by atoms with Gasteiger partial charge in [0.15, 0.2) is 0 Å². The second kappa shape index (κ2) is 5.82. The van der Waals surface area contributed by atoms with E-state index in [1.54, 1.807) is 18.4 Å². The molecular weight excluding hydrogens is 288 g/mol. The van der Waals surface area contributed by atoms with Crippen LogP contribution in [0.3, 0.4) is 0 Å². The lowest BCUT2D eigenvalue weighted by molar-refractivity contribution is 0.0932. The van der Waals surface area contributed by atoms with Gasteiger partial charge in [-0.15, -0.1) is 0 Å². The molecule has 2 N–H and O–H groups in total. The van der Waals surface area contributed by atoms with Crippen molar-refractivity contribution in [2.24, 2.45) is 0 Å². The first-order valence-corrected chi connectivity index (χ1v) is 7.41. The van der Waals surface area contributed by atoms with Crippen LogP contribution in [0.1, 0.15) is 40.6 Å². The summed E-state index contributed by atoms with van der Waals surface area (Å²) in [6, 6.07) is 7.26. The minimum atomic E-state index is -0.156. The van der Waals surface area contributed by atoms with E-state index < -0.39 is 0 Å². The van der Waals surface area contributed by atoms with Crippen LogP contribution in [0, 0.1) is 0 Å². The molecule has 0 aliphatic heterocycles. The van der Waals surface area contributed by atoms with E-state index in [9.17, 15) is 4.79 Å². The number of halogens is 1. The average molecular weight is 305 g/mol. The van der Waals surface area contributed by atoms with E-state index in [0.29, 0.717) is 10.6 Å². The first-order chi connectivity index (χ1) is 10.2. The number of furan rings is 1. The molecule has 0 saturated carbocycles. The summed E-state index contributed by atoms with van der Waals surface area (Å²) < 4.78 is 5.45. The Bertz CT molecular complexity index is 666. The number of nitrogens with one attached hydrogen (secondary N) is 2. The minimum absolute atomic E-state index is 0.00527. The van der Waals surface area contributed by atoms with Gasteiger partial charge in [-0.3, -0.25) is 4.79 Å². The van der Waals surface area contributed by atoms with Crippen molar-refractivity contribution in [2.75, 3.05) is 12.4 Å². The minimum Gasteiger partial charge on any atom is -0.469 e. The van der Waals surface area contributed by atoms with Gasteiger partial charge in [0.05, 0.1) is 22.9 Å². The molecule has 0 spiro atoms. The molecule has 1 aromatic carbocycles. The van der Waals surface area contributed by atoms with Crippen LogP contribution in [0.5, 0.6) is 0 Å². The Balaban J connectivity index is 1.82. The van der Waals surface area contributed by atoms with Gasteiger partial charge in [0.1, 0.15) is 5.76 Å². The summed E-state index contributed by atoms with van der Waals surface area (Å²) in [5.74, 6) is 0.817. The molecule has 1 aliphatic rings. The number of hydrogen-bond acceptors (Lipinski definition) is 3. The van der Waals surface area contributed by atoms with Crippen LogP contribution in [0.2, 0.25) is 5.02 Å². The number of rotatable bonds is 3. The van der Waals surface area contributed by atoms with Gasteiger partial charge in [-0.2, -0.15) is 0 Å². The Labute approximate surface area is 128 Å². The fourth-order valence-corrected chi connectivity index (χ4v) is 2.93. The van der Waals surface area contributed by atoms with Gasteiger partial charge in [-0.25, -0.2) is 0 Å². The van der Waals surface area contributed by atoms with Crippen LogP contribution in [-0.2, 0) is 6.42 Å². The topological polar surface area (TPSA) is 54.3 Å². The van der Waals surface area contributed by atoms with Crippen molar-refractivity contribution in [3.63, 3.8) is 0 Å². The third kappa shape index (κ3) is 2.76. The number of benzene rings is 1. The summed E-state index contributed by atoms with van der Waals surface area (Å²) in [7, 11) is 1.81. The second-order valence-corrected chi connectivity index (χ2v) is 5.57. The van der Waals surface area contributed by atoms with Crippen molar-refractivity contribution in [3.8, 4) is 0 Å². The highest BCUT2D eigenvalue weighted by Gasteiger charge is 2.25. The van der Waals surface area contributed by atoms with Crippen LogP contribution in [0.4, 0.5) is 5.69 Å². The molecule has 2 aromatic rings. The second-order valence-electron chi connectivity index (χ2n) is 5.16. The molecule has 5 heteroatoms. The van der Waals surface area contributed by atoms with Gasteiger partial charge >= 0.3 is 0 Å². The third-order valence-corrected chi connectivity index (χ3v) is 4.19. The predicted molar refractivity (Wildman–Crippen MR) is 82.9 cm³/mol. The number of hydrogen-bond donors (Lipinski definition) is 2. The Morgan fingerprint density at radius 1 is 1.38 bits per heavy atom. The maximum atomic E-state index is 12.5. The number of anilines is 1. The standard InChI is InChI=1S/C16H17ClN2O2/c1-18-10-5-6-13(17)12(9-10)16(20)19-14-3-2-4-15-11(14)7-8-21-15/h5-9,14,18H,2-4H2,1H3,(H,19,20). The van der Waals surface area contributed by atoms with Gasteiger partial charge in [0.25, 0.3) is 5.91 Å². The summed E-state index contributed by atoms with van der Waals surface area (Å²) in [5.41, 5.74) is 2.42. The molecule has 110 valence electrons. The molecule has 3 rings (SSSR count). The quantitative estimate of drug-likeness (QED) is 0.907. The van der Waals surface area contributed by atoms with E-state index in [1.165, 1.54) is 0 Å². The molecular formula is C16H17ClN2O2. The Morgan fingerprint density at radius 3 is 3.05 bits per heavy atom. The van der Waals surface area contributed by atoms with Gasteiger partial charge in [-0.05, 0) is 37.1 Å². The molecule has 1 unspecified atom stereocenters. The molecule has 1 aliphatic carbocycles. The normalized spacial score (nSPS) is 17.1. The van der Waals surface area contributed by atoms with E-state index in [4.69, 9.17) is 16.0 Å². The third-order valence-electron chi connectivity index (χ3n) is 3.86. The van der Waals surface area contributed by atoms with Crippen LogP contribution in [0.15, 0.2) is 34.9 Å². The van der Waals surface area contributed by atoms with Crippen LogP contribution in [-0.4, -0.2) is 13.0 Å². The number of carbonyl (C=O) groups is 1. The zero-order chi connectivity index (χ0) is 14.8. The number of fused-ring (bicyclic) bond motifs is 1. The van der Waals surface area contributed by atoms with Gasteiger partial charge < -0.3 is 15.1 Å². The molecule has 0 fully saturated rings. The zero-order valence-corrected chi connectivity index (χ0v) is 12.5. The van der Waals surface area contributed by atoms with E-state index in [-0.39, 0.29) is 11.9 Å². The smallest absolute Gasteiger partial charge is 0.253 e. The number of aryl methyl sites for hydroxylation is 1. The lowest BCUT2D eigenvalue weighted by Crippen LogP contribution is -2.30. The summed E-state index contributed by atoms with van der Waals surface area (Å²) >= 11 is 6.14. The van der Waals surface area contributed by atoms with Crippen molar-refractivity contribution in [3.05, 3.63) is 52.4 Å². The lowest BCUT2D eigenvalue weighted by atomic mass is 9.93. The maximum Gasteiger partial charge on any atom is 0.253 e. The SMILES string of the molecule is CNc1ccc(Cl)c(C(=O)NC2CCCc3occc32)c1. The summed E-state index contributed by atoms with van der Waals surface area (Å²) in [4.78, 5) is 12.5. The van der Waals surface area contributed by atoms with E-state index in [0.717, 1.165) is 36.3 Å². The van der Waals surface area contributed by atoms with Gasteiger partial charge in [0, 0.05) is 24.7 Å². The van der Waals surface area contributed by atoms with Crippen molar-refractivity contribution in [1.29, 1.82) is 0 Å². The maximum absolute atomic E-state index is 12.5. The van der Waals surface area contributed by atoms with Gasteiger partial charge in [-0.1, -0.05) is 11.6 Å². The summed E-state index contributed by atoms with van der Waals surface area (Å²) in [5, 5.41) is 6.52. The van der Waals surface area contributed by atoms with E-state index >= 15 is 0 Å². The predicted octanol–water partition coefficient (Wildman–Crippen LogP) is 3.78. The van der Waals surface area contributed by atoms with Crippen molar-refractivity contribution in [1.82, 2.24) is 5.32 Å². The Kier molecular flexibility index (Phi) is 3.88. The van der Waals surface area contributed by atoms with Crippen molar-refractivity contribution in [2.45, 2.75) is 25.3 Å². The highest BCUT2D eigenvalue weighted by molar-refractivity contribution is 6.34. The molecule has 1 amide bonds. The fraction of sp³-hybridized carbons (Fsp3) is 0.312. The molecule has 1 heterocycles. The number of carbonyl (C=O) groups excluding carboxylic acids is 1. The molecule has 0 radical (unpaired) electrons. The summed E-state index contributed by atoms with van der Waals surface area (Å²) in [6.45, 7) is 0. The fourth-order valence-electron chi connectivity index (χ4n) is 2.73. The van der Waals surface area contributed by atoms with Crippen molar-refractivity contribution >= 4 is 23.2 Å². The first kappa shape index (κ1) is 14.0. The van der Waals surface area contributed by atoms with Crippen molar-refractivity contribution < 1.29 is 9.21 Å². The largest absolute Gasteiger partial charge is 0.469 e. The molecule has 0 saturated heterocycles. The number of amides is 1. The first-order valence-electron chi connectivity index (χ1n) is 7.03. The molecule has 1 atom stereocenters. The van der Waals surface area contributed by atoms with Crippen LogP contribution >= 0.6 is 11.6 Å². The molecule has 4 nitrogen and oxygen atoms in total. The van der Waals surface area contributed by atoms with E-state index in [1.807, 2.05) is 19.2 Å². The Hall–Kier alpha value is -1.94. The summed E-state index contributed by atoms with van der Waals surface area (Å²) in [6.07, 6.45) is 4.55. The lowest BCUT2D eigenvalue weighted by Gasteiger charge is -2.23. The van der Waals surface area contributed by atoms with Gasteiger partial charge in [0.2, 0.25) is 0 Å². The average Bonchev–Trinajstić information content (AvgIpc) is 2.97. The highest BCUT2D eigenvalue weighted by atomic mass is 35.5. The highest BCUT2D eigenvalue weighted by Crippen LogP contribution is 2.31. The van der Waals surface area contributed by atoms with Crippen LogP contribution in [0.25, 0.3) is 0 Å². The molecule has 21 heavy (non-hydrogen) atoms. The zero-order valence-electron chi connectivity index (χ0n) is 11.8. The molecule has 1 aromatic heterocycles.